The Hall–Kier alpha value is -2.63. The average Bonchev–Trinajstić information content (AvgIpc) is 3.26. The summed E-state index contributed by atoms with van der Waals surface area (Å²) in [6, 6.07) is 0. The van der Waals surface area contributed by atoms with Gasteiger partial charge in [0.1, 0.15) is 13.2 Å². The molecule has 354 valence electrons. The fourth-order valence-corrected chi connectivity index (χ4v) is 7.33. The molecule has 0 fully saturated rings. The van der Waals surface area contributed by atoms with Gasteiger partial charge >= 0.3 is 17.9 Å². The first-order chi connectivity index (χ1) is 30.0. The summed E-state index contributed by atoms with van der Waals surface area (Å²) in [7, 11) is 0. The van der Waals surface area contributed by atoms with E-state index in [0.717, 1.165) is 96.3 Å². The largest absolute Gasteiger partial charge is 0.462 e. The molecule has 0 aliphatic carbocycles. The van der Waals surface area contributed by atoms with E-state index in [2.05, 4.69) is 69.4 Å². The van der Waals surface area contributed by atoms with Crippen LogP contribution in [0.25, 0.3) is 0 Å². The predicted molar refractivity (Wildman–Crippen MR) is 261 cm³/mol. The molecule has 6 heteroatoms. The van der Waals surface area contributed by atoms with Gasteiger partial charge in [-0.2, -0.15) is 0 Å². The molecule has 0 rings (SSSR count). The third kappa shape index (κ3) is 48.3. The molecule has 0 aromatic rings. The number of ether oxygens (including phenoxy) is 3. The van der Waals surface area contributed by atoms with Gasteiger partial charge < -0.3 is 14.2 Å². The van der Waals surface area contributed by atoms with E-state index in [1.54, 1.807) is 0 Å². The van der Waals surface area contributed by atoms with Crippen molar-refractivity contribution in [3.8, 4) is 0 Å². The van der Waals surface area contributed by atoms with Crippen molar-refractivity contribution in [2.75, 3.05) is 13.2 Å². The van der Waals surface area contributed by atoms with Gasteiger partial charge in [0.15, 0.2) is 6.10 Å². The molecule has 0 heterocycles. The quantitative estimate of drug-likeness (QED) is 0.0263. The summed E-state index contributed by atoms with van der Waals surface area (Å²) >= 11 is 0. The molecular weight excluding hydrogens is 757 g/mol. The zero-order chi connectivity index (χ0) is 44.4. The Balaban J connectivity index is 4.40. The fourth-order valence-electron chi connectivity index (χ4n) is 7.33. The van der Waals surface area contributed by atoms with Gasteiger partial charge in [-0.25, -0.2) is 0 Å². The smallest absolute Gasteiger partial charge is 0.306 e. The monoisotopic (exact) mass is 855 g/mol. The molecule has 1 atom stereocenters. The van der Waals surface area contributed by atoms with E-state index in [0.29, 0.717) is 19.3 Å². The molecule has 0 amide bonds. The second-order valence-corrected chi connectivity index (χ2v) is 17.4. The van der Waals surface area contributed by atoms with E-state index in [1.807, 2.05) is 0 Å². The standard InChI is InChI=1S/C55H98O6/c1-4-7-10-13-16-19-22-25-26-27-28-31-33-36-39-42-45-48-54(57)60-51-52(61-55(58)49-46-43-40-37-34-30-24-21-18-15-12-9-6-3)50-59-53(56)47-44-41-38-35-32-29-23-20-17-14-11-8-5-2/h16,19,21,24-26,28,31,52H,4-15,17-18,20,22-23,27,29-30,32-51H2,1-3H3/b19-16-,24-21-,26-25-,31-28-/t52-/m0/s1. The Morgan fingerprint density at radius 2 is 0.590 bits per heavy atom. The molecule has 61 heavy (non-hydrogen) atoms. The molecule has 0 radical (unpaired) electrons. The van der Waals surface area contributed by atoms with Gasteiger partial charge in [0.2, 0.25) is 0 Å². The van der Waals surface area contributed by atoms with Gasteiger partial charge in [0, 0.05) is 19.3 Å². The summed E-state index contributed by atoms with van der Waals surface area (Å²) in [5.41, 5.74) is 0. The van der Waals surface area contributed by atoms with Gasteiger partial charge in [-0.3, -0.25) is 14.4 Å². The van der Waals surface area contributed by atoms with Crippen molar-refractivity contribution in [1.29, 1.82) is 0 Å². The number of carbonyl (C=O) groups is 3. The molecule has 0 aromatic heterocycles. The molecule has 0 saturated heterocycles. The van der Waals surface area contributed by atoms with E-state index in [9.17, 15) is 14.4 Å². The molecule has 0 unspecified atom stereocenters. The van der Waals surface area contributed by atoms with Gasteiger partial charge in [-0.1, -0.05) is 211 Å². The highest BCUT2D eigenvalue weighted by Crippen LogP contribution is 2.15. The number of hydrogen-bond donors (Lipinski definition) is 0. The maximum Gasteiger partial charge on any atom is 0.306 e. The molecule has 6 nitrogen and oxygen atoms in total. The van der Waals surface area contributed by atoms with Crippen molar-refractivity contribution in [3.05, 3.63) is 48.6 Å². The number of unbranched alkanes of at least 4 members (excludes halogenated alkanes) is 28. The summed E-state index contributed by atoms with van der Waals surface area (Å²) in [5, 5.41) is 0. The third-order valence-corrected chi connectivity index (χ3v) is 11.3. The van der Waals surface area contributed by atoms with E-state index >= 15 is 0 Å². The van der Waals surface area contributed by atoms with E-state index in [-0.39, 0.29) is 31.1 Å². The van der Waals surface area contributed by atoms with Gasteiger partial charge in [0.05, 0.1) is 0 Å². The van der Waals surface area contributed by atoms with Gasteiger partial charge in [-0.15, -0.1) is 0 Å². The van der Waals surface area contributed by atoms with E-state index < -0.39 is 6.10 Å². The zero-order valence-electron chi connectivity index (χ0n) is 40.4. The lowest BCUT2D eigenvalue weighted by Crippen LogP contribution is -2.30. The first kappa shape index (κ1) is 58.4. The topological polar surface area (TPSA) is 78.9 Å². The van der Waals surface area contributed by atoms with Crippen molar-refractivity contribution < 1.29 is 28.6 Å². The number of rotatable bonds is 47. The van der Waals surface area contributed by atoms with Crippen LogP contribution < -0.4 is 0 Å². The molecule has 0 aliphatic heterocycles. The van der Waals surface area contributed by atoms with Crippen LogP contribution in [0.2, 0.25) is 0 Å². The SMILES string of the molecule is CCCCC/C=C\C/C=C\C/C=C\CCCCCCC(=O)OC[C@H](COC(=O)CCCCCCCCCCCCCCC)OC(=O)CCCCCCC/C=C\CCCCCC. The minimum atomic E-state index is -0.783. The maximum atomic E-state index is 12.8. The molecule has 0 aliphatic rings. The van der Waals surface area contributed by atoms with Crippen LogP contribution in [0.5, 0.6) is 0 Å². The van der Waals surface area contributed by atoms with E-state index in [4.69, 9.17) is 14.2 Å². The lowest BCUT2D eigenvalue weighted by molar-refractivity contribution is -0.167. The third-order valence-electron chi connectivity index (χ3n) is 11.3. The Kier molecular flexibility index (Phi) is 47.9. The van der Waals surface area contributed by atoms with Crippen LogP contribution in [0.1, 0.15) is 265 Å². The summed E-state index contributed by atoms with van der Waals surface area (Å²) in [6.45, 7) is 6.58. The number of allylic oxidation sites excluding steroid dienone is 8. The zero-order valence-corrected chi connectivity index (χ0v) is 40.4. The van der Waals surface area contributed by atoms with Crippen molar-refractivity contribution in [2.45, 2.75) is 271 Å². The Morgan fingerprint density at radius 3 is 0.984 bits per heavy atom. The normalized spacial score (nSPS) is 12.4. The summed E-state index contributed by atoms with van der Waals surface area (Å²) < 4.78 is 16.8. The average molecular weight is 855 g/mol. The molecular formula is C55H98O6. The molecule has 0 N–H and O–H groups in total. The van der Waals surface area contributed by atoms with Crippen LogP contribution >= 0.6 is 0 Å². The van der Waals surface area contributed by atoms with Crippen LogP contribution in [0, 0.1) is 0 Å². The number of hydrogen-bond acceptors (Lipinski definition) is 6. The maximum absolute atomic E-state index is 12.8. The Labute approximate surface area is 378 Å². The van der Waals surface area contributed by atoms with Crippen LogP contribution in [0.3, 0.4) is 0 Å². The lowest BCUT2D eigenvalue weighted by atomic mass is 10.0. The number of esters is 3. The highest BCUT2D eigenvalue weighted by atomic mass is 16.6. The number of carbonyl (C=O) groups excluding carboxylic acids is 3. The predicted octanol–water partition coefficient (Wildman–Crippen LogP) is 17.1. The van der Waals surface area contributed by atoms with Crippen LogP contribution in [-0.2, 0) is 28.6 Å². The summed E-state index contributed by atoms with van der Waals surface area (Å²) in [6.07, 6.45) is 59.4. The molecule has 0 saturated carbocycles. The minimum absolute atomic E-state index is 0.0814. The van der Waals surface area contributed by atoms with Crippen LogP contribution in [0.15, 0.2) is 48.6 Å². The van der Waals surface area contributed by atoms with Gasteiger partial charge in [-0.05, 0) is 83.5 Å². The van der Waals surface area contributed by atoms with Crippen molar-refractivity contribution >= 4 is 17.9 Å². The van der Waals surface area contributed by atoms with Crippen molar-refractivity contribution in [2.24, 2.45) is 0 Å². The highest BCUT2D eigenvalue weighted by molar-refractivity contribution is 5.71. The van der Waals surface area contributed by atoms with Gasteiger partial charge in [0.25, 0.3) is 0 Å². The molecule has 0 spiro atoms. The summed E-state index contributed by atoms with van der Waals surface area (Å²) in [4.78, 5) is 38.0. The molecule has 0 aromatic carbocycles. The first-order valence-corrected chi connectivity index (χ1v) is 26.1. The van der Waals surface area contributed by atoms with E-state index in [1.165, 1.54) is 128 Å². The minimum Gasteiger partial charge on any atom is -0.462 e. The van der Waals surface area contributed by atoms with Crippen molar-refractivity contribution in [1.82, 2.24) is 0 Å². The lowest BCUT2D eigenvalue weighted by Gasteiger charge is -2.18. The Morgan fingerprint density at radius 1 is 0.328 bits per heavy atom. The second kappa shape index (κ2) is 50.0. The van der Waals surface area contributed by atoms with Crippen LogP contribution in [0.4, 0.5) is 0 Å². The van der Waals surface area contributed by atoms with Crippen molar-refractivity contribution in [3.63, 3.8) is 0 Å². The summed E-state index contributed by atoms with van der Waals surface area (Å²) in [5.74, 6) is -0.905. The van der Waals surface area contributed by atoms with Crippen LogP contribution in [-0.4, -0.2) is 37.2 Å². The second-order valence-electron chi connectivity index (χ2n) is 17.4. The fraction of sp³-hybridized carbons (Fsp3) is 0.800. The molecule has 0 bridgehead atoms. The first-order valence-electron chi connectivity index (χ1n) is 26.1. The highest BCUT2D eigenvalue weighted by Gasteiger charge is 2.19. The Bertz CT molecular complexity index is 1070.